The number of hydrogen-bond donors (Lipinski definition) is 0. The highest BCUT2D eigenvalue weighted by atomic mass is 15.3. The van der Waals surface area contributed by atoms with E-state index in [2.05, 4.69) is 35.2 Å². The van der Waals surface area contributed by atoms with Crippen LogP contribution in [0.5, 0.6) is 0 Å². The van der Waals surface area contributed by atoms with Crippen LogP contribution in [0, 0.1) is 13.8 Å². The Kier molecular flexibility index (Phi) is 2.48. The lowest BCUT2D eigenvalue weighted by Crippen LogP contribution is -2.04. The van der Waals surface area contributed by atoms with Crippen molar-refractivity contribution in [2.24, 2.45) is 0 Å². The van der Waals surface area contributed by atoms with Gasteiger partial charge in [-0.2, -0.15) is 5.10 Å². The number of hydrogen-bond acceptors (Lipinski definition) is 2. The minimum absolute atomic E-state index is 1.02. The Hall–Kier alpha value is -2.36. The molecule has 4 nitrogen and oxygen atoms in total. The molecule has 0 atom stereocenters. The predicted molar refractivity (Wildman–Crippen MR) is 70.2 cm³/mol. The fourth-order valence-corrected chi connectivity index (χ4v) is 2.14. The number of rotatable bonds is 2. The number of aryl methyl sites for hydroxylation is 2. The molecule has 90 valence electrons. The van der Waals surface area contributed by atoms with Crippen LogP contribution in [0.15, 0.2) is 49.1 Å². The van der Waals surface area contributed by atoms with Gasteiger partial charge in [0.1, 0.15) is 0 Å². The Morgan fingerprint density at radius 1 is 1.06 bits per heavy atom. The zero-order chi connectivity index (χ0) is 12.5. The number of para-hydroxylation sites is 2. The second-order valence-electron chi connectivity index (χ2n) is 4.30. The maximum atomic E-state index is 4.53. The molecule has 2 aromatic heterocycles. The first-order chi connectivity index (χ1) is 8.75. The number of benzene rings is 1. The van der Waals surface area contributed by atoms with E-state index >= 15 is 0 Å². The van der Waals surface area contributed by atoms with Gasteiger partial charge in [0.25, 0.3) is 0 Å². The Bertz CT molecular complexity index is 665. The molecule has 0 amide bonds. The van der Waals surface area contributed by atoms with Gasteiger partial charge in [0.15, 0.2) is 0 Å². The van der Waals surface area contributed by atoms with Gasteiger partial charge >= 0.3 is 0 Å². The second-order valence-corrected chi connectivity index (χ2v) is 4.30. The molecule has 0 fully saturated rings. The van der Waals surface area contributed by atoms with E-state index in [-0.39, 0.29) is 0 Å². The van der Waals surface area contributed by atoms with E-state index in [0.29, 0.717) is 0 Å². The van der Waals surface area contributed by atoms with Crippen molar-refractivity contribution >= 4 is 0 Å². The van der Waals surface area contributed by atoms with Crippen molar-refractivity contribution in [3.8, 4) is 11.4 Å². The van der Waals surface area contributed by atoms with Crippen molar-refractivity contribution < 1.29 is 0 Å². The summed E-state index contributed by atoms with van der Waals surface area (Å²) in [5, 5.41) is 4.53. The van der Waals surface area contributed by atoms with Crippen molar-refractivity contribution in [1.82, 2.24) is 19.3 Å². The maximum absolute atomic E-state index is 4.53. The van der Waals surface area contributed by atoms with Crippen molar-refractivity contribution in [2.75, 3.05) is 0 Å². The van der Waals surface area contributed by atoms with Crippen molar-refractivity contribution in [3.63, 3.8) is 0 Å². The quantitative estimate of drug-likeness (QED) is 0.688. The van der Waals surface area contributed by atoms with Crippen LogP contribution < -0.4 is 0 Å². The van der Waals surface area contributed by atoms with E-state index in [1.54, 1.807) is 12.5 Å². The first-order valence-electron chi connectivity index (χ1n) is 5.87. The van der Waals surface area contributed by atoms with Crippen LogP contribution in [0.3, 0.4) is 0 Å². The molecule has 2 heterocycles. The lowest BCUT2D eigenvalue weighted by Gasteiger charge is -2.11. The molecule has 0 unspecified atom stereocenters. The molecule has 1 aromatic carbocycles. The van der Waals surface area contributed by atoms with Crippen LogP contribution in [0.25, 0.3) is 11.4 Å². The van der Waals surface area contributed by atoms with E-state index in [1.165, 1.54) is 0 Å². The first-order valence-corrected chi connectivity index (χ1v) is 5.87. The molecular weight excluding hydrogens is 224 g/mol. The molecule has 3 aromatic rings. The molecule has 18 heavy (non-hydrogen) atoms. The first kappa shape index (κ1) is 10.8. The molecule has 0 saturated carbocycles. The van der Waals surface area contributed by atoms with Crippen LogP contribution in [0.4, 0.5) is 0 Å². The zero-order valence-electron chi connectivity index (χ0n) is 10.4. The van der Waals surface area contributed by atoms with E-state index in [0.717, 1.165) is 22.8 Å². The molecule has 0 aliphatic heterocycles. The fourth-order valence-electron chi connectivity index (χ4n) is 2.14. The molecule has 0 aliphatic carbocycles. The van der Waals surface area contributed by atoms with Gasteiger partial charge in [-0.25, -0.2) is 9.67 Å². The van der Waals surface area contributed by atoms with Crippen molar-refractivity contribution in [3.05, 3.63) is 60.4 Å². The van der Waals surface area contributed by atoms with E-state index < -0.39 is 0 Å². The predicted octanol–water partition coefficient (Wildman–Crippen LogP) is 2.67. The lowest BCUT2D eigenvalue weighted by atomic mass is 10.2. The lowest BCUT2D eigenvalue weighted by molar-refractivity contribution is 0.822. The van der Waals surface area contributed by atoms with Crippen molar-refractivity contribution in [2.45, 2.75) is 13.8 Å². The Morgan fingerprint density at radius 2 is 1.83 bits per heavy atom. The molecule has 0 N–H and O–H groups in total. The van der Waals surface area contributed by atoms with Crippen molar-refractivity contribution in [1.29, 1.82) is 0 Å². The minimum Gasteiger partial charge on any atom is -0.304 e. The summed E-state index contributed by atoms with van der Waals surface area (Å²) in [7, 11) is 0. The largest absolute Gasteiger partial charge is 0.304 e. The van der Waals surface area contributed by atoms with Gasteiger partial charge in [0, 0.05) is 18.1 Å². The Morgan fingerprint density at radius 3 is 2.44 bits per heavy atom. The summed E-state index contributed by atoms with van der Waals surface area (Å²) >= 11 is 0. The van der Waals surface area contributed by atoms with Crippen LogP contribution in [0.1, 0.15) is 11.4 Å². The van der Waals surface area contributed by atoms with Gasteiger partial charge in [-0.3, -0.25) is 0 Å². The molecule has 3 rings (SSSR count). The van der Waals surface area contributed by atoms with Gasteiger partial charge in [-0.15, -0.1) is 0 Å². The second kappa shape index (κ2) is 4.14. The molecule has 0 radical (unpaired) electrons. The molecule has 0 saturated heterocycles. The molecule has 0 bridgehead atoms. The fraction of sp³-hybridized carbons (Fsp3) is 0.143. The van der Waals surface area contributed by atoms with Gasteiger partial charge in [0.2, 0.25) is 0 Å². The average Bonchev–Trinajstić information content (AvgIpc) is 2.99. The highest BCUT2D eigenvalue weighted by Gasteiger charge is 2.09. The van der Waals surface area contributed by atoms with Crippen LogP contribution >= 0.6 is 0 Å². The third kappa shape index (κ3) is 1.72. The van der Waals surface area contributed by atoms with Gasteiger partial charge in [-0.1, -0.05) is 12.1 Å². The highest BCUT2D eigenvalue weighted by Crippen LogP contribution is 2.20. The molecular formula is C14H14N4. The standard InChI is InChI=1S/C14H14N4/c1-11-9-12(2)18(16-11)14-6-4-3-5-13(14)17-8-7-15-10-17/h3-10H,1-2H3. The third-order valence-corrected chi connectivity index (χ3v) is 2.90. The summed E-state index contributed by atoms with van der Waals surface area (Å²) in [5.41, 5.74) is 4.27. The summed E-state index contributed by atoms with van der Waals surface area (Å²) in [4.78, 5) is 4.09. The van der Waals surface area contributed by atoms with E-state index in [1.807, 2.05) is 34.5 Å². The summed E-state index contributed by atoms with van der Waals surface area (Å²) < 4.78 is 3.95. The Labute approximate surface area is 106 Å². The summed E-state index contributed by atoms with van der Waals surface area (Å²) in [5.74, 6) is 0. The van der Waals surface area contributed by atoms with Gasteiger partial charge in [-0.05, 0) is 32.0 Å². The Balaban J connectivity index is 2.21. The molecule has 4 heteroatoms. The highest BCUT2D eigenvalue weighted by molar-refractivity contribution is 5.52. The minimum atomic E-state index is 1.02. The van der Waals surface area contributed by atoms with E-state index in [9.17, 15) is 0 Å². The summed E-state index contributed by atoms with van der Waals surface area (Å²) in [6, 6.07) is 10.2. The molecule has 0 aliphatic rings. The number of nitrogens with zero attached hydrogens (tertiary/aromatic N) is 4. The zero-order valence-corrected chi connectivity index (χ0v) is 10.4. The van der Waals surface area contributed by atoms with Gasteiger partial charge < -0.3 is 4.57 Å². The van der Waals surface area contributed by atoms with Crippen LogP contribution in [-0.2, 0) is 0 Å². The SMILES string of the molecule is Cc1cc(C)n(-c2ccccc2-n2ccnc2)n1. The summed E-state index contributed by atoms with van der Waals surface area (Å²) in [6.45, 7) is 4.06. The van der Waals surface area contributed by atoms with Crippen LogP contribution in [0.2, 0.25) is 0 Å². The number of aromatic nitrogens is 4. The van der Waals surface area contributed by atoms with E-state index in [4.69, 9.17) is 0 Å². The van der Waals surface area contributed by atoms with Crippen LogP contribution in [-0.4, -0.2) is 19.3 Å². The summed E-state index contributed by atoms with van der Waals surface area (Å²) in [6.07, 6.45) is 5.51. The average molecular weight is 238 g/mol. The monoisotopic (exact) mass is 238 g/mol. The maximum Gasteiger partial charge on any atom is 0.0992 e. The topological polar surface area (TPSA) is 35.6 Å². The normalized spacial score (nSPS) is 10.8. The number of imidazole rings is 1. The van der Waals surface area contributed by atoms with Gasteiger partial charge in [0.05, 0.1) is 23.4 Å². The smallest absolute Gasteiger partial charge is 0.0992 e. The third-order valence-electron chi connectivity index (χ3n) is 2.90. The molecule has 0 spiro atoms.